The molecule has 0 bridgehead atoms. The standard InChI is InChI=1S/C38H51F9O4/c1-33-18-15-26-25-14-13-24(48)22-28(25)31(49)27(30(26)29(33)16-19-34(33)20-21-34)12-8-6-4-2-3-5-7-10-23(32(50)51)11-9-17-35(39,40)36(41,42)37(43,44)38(45,46)47/h13-14,22-23,26-27,29-31,48-49H,2-12,15-21H2,1H3,(H,50,51)/t23?,26?,27?,29?,30?,31-,33+/m1/s1. The van der Waals surface area contributed by atoms with Crippen molar-refractivity contribution in [2.75, 3.05) is 0 Å². The molecule has 0 aliphatic heterocycles. The maximum Gasteiger partial charge on any atom is 0.460 e. The summed E-state index contributed by atoms with van der Waals surface area (Å²) >= 11 is 0. The number of aliphatic carboxylic acids is 1. The van der Waals surface area contributed by atoms with Gasteiger partial charge >= 0.3 is 29.9 Å². The molecule has 3 fully saturated rings. The van der Waals surface area contributed by atoms with E-state index >= 15 is 0 Å². The highest BCUT2D eigenvalue weighted by atomic mass is 19.4. The summed E-state index contributed by atoms with van der Waals surface area (Å²) in [4.78, 5) is 11.6. The minimum atomic E-state index is -6.94. The second-order valence-electron chi connectivity index (χ2n) is 16.3. The quantitative estimate of drug-likeness (QED) is 0.110. The molecule has 0 heterocycles. The third kappa shape index (κ3) is 7.36. The molecule has 290 valence electrons. The van der Waals surface area contributed by atoms with Gasteiger partial charge in [-0.2, -0.15) is 39.5 Å². The highest BCUT2D eigenvalue weighted by Gasteiger charge is 2.81. The monoisotopic (exact) mass is 742 g/mol. The van der Waals surface area contributed by atoms with Crippen molar-refractivity contribution in [1.82, 2.24) is 0 Å². The van der Waals surface area contributed by atoms with Crippen molar-refractivity contribution in [2.24, 2.45) is 34.5 Å². The lowest BCUT2D eigenvalue weighted by molar-refractivity contribution is -0.396. The summed E-state index contributed by atoms with van der Waals surface area (Å²) in [6.45, 7) is 2.49. The number of carboxylic acids is 1. The molecule has 0 aromatic heterocycles. The first-order chi connectivity index (χ1) is 23.7. The number of hydrogen-bond acceptors (Lipinski definition) is 3. The molecule has 13 heteroatoms. The fraction of sp³-hybridized carbons (Fsp3) is 0.816. The second kappa shape index (κ2) is 14.6. The number of unbranched alkanes of at least 4 members (excludes halogenated alkanes) is 6. The molecule has 4 nitrogen and oxygen atoms in total. The summed E-state index contributed by atoms with van der Waals surface area (Å²) in [5, 5.41) is 31.4. The predicted molar refractivity (Wildman–Crippen MR) is 172 cm³/mol. The number of alkyl halides is 9. The maximum atomic E-state index is 13.8. The van der Waals surface area contributed by atoms with Gasteiger partial charge in [0.05, 0.1) is 12.0 Å². The highest BCUT2D eigenvalue weighted by molar-refractivity contribution is 5.69. The maximum absolute atomic E-state index is 13.8. The van der Waals surface area contributed by atoms with Gasteiger partial charge in [-0.15, -0.1) is 0 Å². The Balaban J connectivity index is 1.04. The van der Waals surface area contributed by atoms with Gasteiger partial charge < -0.3 is 15.3 Å². The first kappa shape index (κ1) is 40.0. The Labute approximate surface area is 293 Å². The van der Waals surface area contributed by atoms with Gasteiger partial charge in [-0.3, -0.25) is 4.79 Å². The van der Waals surface area contributed by atoms with E-state index in [-0.39, 0.29) is 18.1 Å². The van der Waals surface area contributed by atoms with Crippen molar-refractivity contribution in [3.8, 4) is 5.75 Å². The number of aliphatic hydroxyl groups excluding tert-OH is 1. The highest BCUT2D eigenvalue weighted by Crippen LogP contribution is 2.77. The molecule has 0 amide bonds. The van der Waals surface area contributed by atoms with E-state index in [2.05, 4.69) is 6.92 Å². The van der Waals surface area contributed by atoms with E-state index in [4.69, 9.17) is 0 Å². The van der Waals surface area contributed by atoms with Crippen molar-refractivity contribution < 1.29 is 59.6 Å². The van der Waals surface area contributed by atoms with Gasteiger partial charge in [-0.25, -0.2) is 0 Å². The predicted octanol–water partition coefficient (Wildman–Crippen LogP) is 11.6. The van der Waals surface area contributed by atoms with Crippen LogP contribution in [-0.2, 0) is 4.79 Å². The number of phenolic OH excluding ortho intramolecular Hbond substituents is 1. The fourth-order valence-electron chi connectivity index (χ4n) is 10.5. The molecular formula is C38H51F9O4. The third-order valence-corrected chi connectivity index (χ3v) is 13.6. The van der Waals surface area contributed by atoms with Crippen LogP contribution in [0.2, 0.25) is 0 Å². The van der Waals surface area contributed by atoms with Crippen molar-refractivity contribution >= 4 is 5.97 Å². The Kier molecular flexibility index (Phi) is 11.4. The van der Waals surface area contributed by atoms with Gasteiger partial charge in [0.15, 0.2) is 0 Å². The Hall–Kier alpha value is -2.18. The molecule has 1 aromatic rings. The van der Waals surface area contributed by atoms with E-state index in [1.165, 1.54) is 37.7 Å². The van der Waals surface area contributed by atoms with Gasteiger partial charge in [0, 0.05) is 6.42 Å². The van der Waals surface area contributed by atoms with Crippen molar-refractivity contribution in [1.29, 1.82) is 0 Å². The van der Waals surface area contributed by atoms with Crippen molar-refractivity contribution in [2.45, 2.75) is 158 Å². The lowest BCUT2D eigenvalue weighted by Crippen LogP contribution is -2.60. The van der Waals surface area contributed by atoms with Crippen molar-refractivity contribution in [3.05, 3.63) is 29.3 Å². The number of fused-ring (bicyclic) bond motifs is 6. The van der Waals surface area contributed by atoms with Crippen LogP contribution in [0.4, 0.5) is 39.5 Å². The topological polar surface area (TPSA) is 77.8 Å². The number of phenols is 1. The summed E-state index contributed by atoms with van der Waals surface area (Å²) in [6.07, 6.45) is 2.78. The number of hydrogen-bond donors (Lipinski definition) is 3. The molecule has 5 rings (SSSR count). The zero-order valence-corrected chi connectivity index (χ0v) is 29.1. The Morgan fingerprint density at radius 2 is 1.41 bits per heavy atom. The molecule has 3 saturated carbocycles. The van der Waals surface area contributed by atoms with Gasteiger partial charge in [0.25, 0.3) is 0 Å². The van der Waals surface area contributed by atoms with Crippen molar-refractivity contribution in [3.63, 3.8) is 0 Å². The minimum absolute atomic E-state index is 0.0382. The number of aromatic hydroxyl groups is 1. The number of benzene rings is 1. The molecule has 3 N–H and O–H groups in total. The summed E-state index contributed by atoms with van der Waals surface area (Å²) in [5.41, 5.74) is 2.84. The molecule has 5 unspecified atom stereocenters. The first-order valence-electron chi connectivity index (χ1n) is 18.6. The molecule has 1 spiro atoms. The van der Waals surface area contributed by atoms with E-state index < -0.39 is 61.2 Å². The fourth-order valence-corrected chi connectivity index (χ4v) is 10.5. The van der Waals surface area contributed by atoms with Gasteiger partial charge in [-0.1, -0.05) is 57.9 Å². The molecule has 51 heavy (non-hydrogen) atoms. The van der Waals surface area contributed by atoms with E-state index in [1.54, 1.807) is 12.1 Å². The van der Waals surface area contributed by atoms with Crippen LogP contribution in [0.1, 0.15) is 146 Å². The summed E-state index contributed by atoms with van der Waals surface area (Å²) in [5.74, 6) is -20.3. The zero-order chi connectivity index (χ0) is 37.6. The Morgan fingerprint density at radius 3 is 2.02 bits per heavy atom. The van der Waals surface area contributed by atoms with Crippen LogP contribution in [0, 0.1) is 34.5 Å². The molecule has 4 aliphatic rings. The number of aliphatic hydroxyl groups is 1. The smallest absolute Gasteiger partial charge is 0.460 e. The number of halogens is 9. The minimum Gasteiger partial charge on any atom is -0.508 e. The molecule has 1 aromatic carbocycles. The molecule has 0 saturated heterocycles. The zero-order valence-electron chi connectivity index (χ0n) is 29.1. The van der Waals surface area contributed by atoms with E-state index in [1.807, 2.05) is 6.07 Å². The van der Waals surface area contributed by atoms with Crippen LogP contribution in [0.3, 0.4) is 0 Å². The van der Waals surface area contributed by atoms with E-state index in [0.29, 0.717) is 41.4 Å². The summed E-state index contributed by atoms with van der Waals surface area (Å²) in [6, 6.07) is 5.48. The molecular weight excluding hydrogens is 691 g/mol. The Bertz CT molecular complexity index is 1380. The summed E-state index contributed by atoms with van der Waals surface area (Å²) in [7, 11) is 0. The molecule has 7 atom stereocenters. The van der Waals surface area contributed by atoms with Crippen LogP contribution in [-0.4, -0.2) is 45.2 Å². The summed E-state index contributed by atoms with van der Waals surface area (Å²) < 4.78 is 118. The van der Waals surface area contributed by atoms with E-state index in [9.17, 15) is 59.6 Å². The Morgan fingerprint density at radius 1 is 0.804 bits per heavy atom. The number of carboxylic acid groups (broad SMARTS) is 1. The SMILES string of the molecule is C[C@]12CCC3c4ccc(O)cc4[C@H](O)C(CCCCCCCCCC(CCCC(F)(F)C(F)(F)C(F)(F)C(F)(F)F)C(=O)O)C3C1CCC21CC1. The third-order valence-electron chi connectivity index (χ3n) is 13.6. The largest absolute Gasteiger partial charge is 0.508 e. The number of carbonyl (C=O) groups is 1. The lowest BCUT2D eigenvalue weighted by Gasteiger charge is -2.55. The first-order valence-corrected chi connectivity index (χ1v) is 18.6. The second-order valence-corrected chi connectivity index (χ2v) is 16.3. The van der Waals surface area contributed by atoms with Crippen LogP contribution in [0.15, 0.2) is 18.2 Å². The van der Waals surface area contributed by atoms with Crippen LogP contribution in [0.25, 0.3) is 0 Å². The van der Waals surface area contributed by atoms with Crippen LogP contribution in [0.5, 0.6) is 5.75 Å². The van der Waals surface area contributed by atoms with Gasteiger partial charge in [0.1, 0.15) is 5.75 Å². The molecule has 4 aliphatic carbocycles. The number of rotatable bonds is 17. The average molecular weight is 743 g/mol. The lowest BCUT2D eigenvalue weighted by atomic mass is 9.50. The molecule has 0 radical (unpaired) electrons. The van der Waals surface area contributed by atoms with Gasteiger partial charge in [0.2, 0.25) is 0 Å². The van der Waals surface area contributed by atoms with Crippen LogP contribution >= 0.6 is 0 Å². The van der Waals surface area contributed by atoms with Gasteiger partial charge in [-0.05, 0) is 122 Å². The average Bonchev–Trinajstić information content (AvgIpc) is 3.78. The van der Waals surface area contributed by atoms with Crippen LogP contribution < -0.4 is 0 Å². The van der Waals surface area contributed by atoms with E-state index in [0.717, 1.165) is 50.5 Å². The normalized spacial score (nSPS) is 29.4.